The highest BCUT2D eigenvalue weighted by Gasteiger charge is 2.64. The number of fused-ring (bicyclic) bond motifs is 13. The molecule has 0 aromatic heterocycles. The van der Waals surface area contributed by atoms with E-state index in [0.29, 0.717) is 105 Å². The highest BCUT2D eigenvalue weighted by atomic mass is 16.6. The van der Waals surface area contributed by atoms with E-state index in [2.05, 4.69) is 37.9 Å². The van der Waals surface area contributed by atoms with Crippen molar-refractivity contribution in [3.63, 3.8) is 0 Å². The predicted octanol–water partition coefficient (Wildman–Crippen LogP) is 7.20. The number of benzene rings is 4. The highest BCUT2D eigenvalue weighted by Crippen LogP contribution is 2.59. The van der Waals surface area contributed by atoms with Gasteiger partial charge in [0.05, 0.1) is 82.6 Å². The smallest absolute Gasteiger partial charge is 0.346 e. The van der Waals surface area contributed by atoms with Crippen LogP contribution in [0.4, 0.5) is 0 Å². The molecular weight excluding hydrogens is 1520 g/mol. The topological polar surface area (TPSA) is 484 Å². The third-order valence-corrected chi connectivity index (χ3v) is 23.1. The van der Waals surface area contributed by atoms with E-state index in [1.165, 1.54) is 78.8 Å². The van der Waals surface area contributed by atoms with Crippen molar-refractivity contribution in [1.82, 2.24) is 0 Å². The number of allylic oxidation sites excluding steroid dienone is 2. The van der Waals surface area contributed by atoms with Gasteiger partial charge < -0.3 is 37.9 Å². The lowest BCUT2D eigenvalue weighted by atomic mass is 9.74. The van der Waals surface area contributed by atoms with Gasteiger partial charge in [-0.2, -0.15) is 0 Å². The normalized spacial score (nSPS) is 26.5. The van der Waals surface area contributed by atoms with Gasteiger partial charge in [-0.1, -0.05) is 36.4 Å². The first-order chi connectivity index (χ1) is 54.7. The molecule has 4 saturated carbocycles. The molecule has 602 valence electrons. The molecule has 0 radical (unpaired) electrons. The number of carbonyl (C=O) groups is 24. The summed E-state index contributed by atoms with van der Waals surface area (Å²) in [6.45, 7) is 11.8. The van der Waals surface area contributed by atoms with Crippen LogP contribution in [-0.4, -0.2) is 142 Å². The molecule has 4 saturated heterocycles. The van der Waals surface area contributed by atoms with Crippen molar-refractivity contribution in [3.05, 3.63) is 140 Å². The minimum absolute atomic E-state index is 0.00750. The third kappa shape index (κ3) is 17.3. The van der Waals surface area contributed by atoms with E-state index in [4.69, 9.17) is 0 Å². The summed E-state index contributed by atoms with van der Waals surface area (Å²) in [7, 11) is 0. The summed E-state index contributed by atoms with van der Waals surface area (Å²) >= 11 is 0. The van der Waals surface area contributed by atoms with Gasteiger partial charge in [0.1, 0.15) is 23.1 Å². The maximum atomic E-state index is 11.6. The molecule has 14 aliphatic rings. The van der Waals surface area contributed by atoms with Gasteiger partial charge in [0, 0.05) is 62.8 Å². The lowest BCUT2D eigenvalue weighted by Gasteiger charge is -2.25. The maximum Gasteiger partial charge on any atom is 0.346 e. The van der Waals surface area contributed by atoms with Crippen molar-refractivity contribution in [1.29, 1.82) is 0 Å². The number of ketones is 8. The molecule has 18 rings (SSSR count). The molecule has 8 fully saturated rings. The Bertz CT molecular complexity index is 5190. The van der Waals surface area contributed by atoms with E-state index in [0.717, 1.165) is 19.3 Å². The summed E-state index contributed by atoms with van der Waals surface area (Å²) in [5.74, 6) is -11.1. The molecule has 4 aromatic carbocycles. The van der Waals surface area contributed by atoms with Gasteiger partial charge >= 0.3 is 95.5 Å². The first-order valence-corrected chi connectivity index (χ1v) is 37.1. The van der Waals surface area contributed by atoms with Gasteiger partial charge in [-0.25, -0.2) is 33.6 Å². The van der Waals surface area contributed by atoms with Gasteiger partial charge in [-0.05, 0) is 184 Å². The van der Waals surface area contributed by atoms with Crippen LogP contribution in [0.3, 0.4) is 0 Å². The van der Waals surface area contributed by atoms with Crippen LogP contribution in [0.2, 0.25) is 0 Å². The first-order valence-electron chi connectivity index (χ1n) is 37.1. The lowest BCUT2D eigenvalue weighted by Crippen LogP contribution is -2.33. The fourth-order valence-corrected chi connectivity index (χ4v) is 17.2. The van der Waals surface area contributed by atoms with Crippen molar-refractivity contribution in [2.75, 3.05) is 0 Å². The minimum Gasteiger partial charge on any atom is -0.393 e. The number of rotatable bonds is 8. The second-order valence-corrected chi connectivity index (χ2v) is 30.2. The fraction of sp³-hybridized carbons (Fsp3) is 0.405. The number of cyclic esters (lactones) is 16. The van der Waals surface area contributed by atoms with Crippen LogP contribution in [0, 0.1) is 82.9 Å². The Balaban J connectivity index is 0.000000131. The summed E-state index contributed by atoms with van der Waals surface area (Å²) in [6.07, 6.45) is 7.71. The van der Waals surface area contributed by atoms with Gasteiger partial charge in [0.2, 0.25) is 0 Å². The van der Waals surface area contributed by atoms with E-state index in [-0.39, 0.29) is 160 Å². The average molecular weight is 1600 g/mol. The summed E-state index contributed by atoms with van der Waals surface area (Å²) in [5.41, 5.74) is 4.91. The monoisotopic (exact) mass is 1590 g/mol. The molecule has 32 nitrogen and oxygen atoms in total. The van der Waals surface area contributed by atoms with E-state index in [9.17, 15) is 115 Å². The Labute approximate surface area is 657 Å². The van der Waals surface area contributed by atoms with Gasteiger partial charge in [0.25, 0.3) is 0 Å². The maximum absolute atomic E-state index is 11.6. The SMILES string of the molecule is CC(=O)C1=CC2CC1C1C(=O)OC(=O)C21.CC(=O)C1CC(=O)OC(=O)C1.CC(=O)C1CC2CC1C1C(=O)OC(=O)C21.CC(=O)C1CCC2=C(C1)C(=O)OC2=O.CC(=O)C1CCC2C(=O)OC(=O)C2C1.CC(=O)c1ccc2c(c1)C(=O)OC(=O)C2.CC(=O)c1ccc2c(c1)C(=O)OC2=O.CC(=O)c1ccc2c3c(cccc13)C(=O)OC2=O. The van der Waals surface area contributed by atoms with Crippen molar-refractivity contribution in [2.45, 2.75) is 132 Å². The zero-order valence-electron chi connectivity index (χ0n) is 63.6. The first kappa shape index (κ1) is 84.0. The molecule has 0 N–H and O–H groups in total. The third-order valence-electron chi connectivity index (χ3n) is 23.1. The van der Waals surface area contributed by atoms with Crippen molar-refractivity contribution >= 4 is 153 Å². The molecule has 6 aliphatic carbocycles. The lowest BCUT2D eigenvalue weighted by molar-refractivity contribution is -0.167. The van der Waals surface area contributed by atoms with Crippen LogP contribution in [0.25, 0.3) is 10.8 Å². The molecule has 13 atom stereocenters. The van der Waals surface area contributed by atoms with Crippen molar-refractivity contribution < 1.29 is 153 Å². The Kier molecular flexibility index (Phi) is 24.7. The number of hydrogen-bond donors (Lipinski definition) is 0. The van der Waals surface area contributed by atoms with E-state index in [1.54, 1.807) is 43.3 Å². The molecule has 8 aliphatic heterocycles. The van der Waals surface area contributed by atoms with Crippen LogP contribution in [-0.2, 0) is 121 Å². The van der Waals surface area contributed by atoms with E-state index < -0.39 is 95.5 Å². The quantitative estimate of drug-likeness (QED) is 0.0728. The number of hydrogen-bond acceptors (Lipinski definition) is 32. The Morgan fingerprint density at radius 1 is 0.353 bits per heavy atom. The van der Waals surface area contributed by atoms with Crippen LogP contribution in [0.15, 0.2) is 89.5 Å². The molecule has 8 heterocycles. The number of esters is 16. The Morgan fingerprint density at radius 3 is 1.48 bits per heavy atom. The molecule has 116 heavy (non-hydrogen) atoms. The van der Waals surface area contributed by atoms with E-state index in [1.807, 2.05) is 6.08 Å². The Hall–Kier alpha value is -12.9. The molecule has 4 bridgehead atoms. The summed E-state index contributed by atoms with van der Waals surface area (Å²) in [6, 6.07) is 17.1. The van der Waals surface area contributed by atoms with Crippen molar-refractivity contribution in [3.8, 4) is 0 Å². The minimum atomic E-state index is -0.687. The van der Waals surface area contributed by atoms with Gasteiger partial charge in [-0.15, -0.1) is 0 Å². The van der Waals surface area contributed by atoms with Crippen LogP contribution in [0.5, 0.6) is 0 Å². The number of Topliss-reactive ketones (excluding diaryl/α,β-unsaturated/α-hetero) is 8. The average Bonchev–Trinajstić information content (AvgIpc) is 1.53. The van der Waals surface area contributed by atoms with Crippen LogP contribution in [0.1, 0.15) is 214 Å². The van der Waals surface area contributed by atoms with Gasteiger partial charge in [-0.3, -0.25) is 81.5 Å². The zero-order chi connectivity index (χ0) is 84.6. The predicted molar refractivity (Wildman–Crippen MR) is 384 cm³/mol. The Morgan fingerprint density at radius 2 is 0.879 bits per heavy atom. The second kappa shape index (κ2) is 34.0. The molecule has 13 unspecified atom stereocenters. The standard InChI is InChI=1S/C14H8O4.C11H12O4.C11H10O4.C11H8O4.C10H12O4.C10H10O4.C10H6O4.C7H8O4/c1-7(15)8-5-6-11-12-9(8)3-2-4-10(12)13(16)18-14(11)17;2*1-4(12)6-2-5-3-7(6)9-8(5)10(13)15-11(9)14;1-6(12)7-2-3-8-5-10(13)15-11(14)9(8)4-7;3*1-5(11)6-2-3-7-8(4-6)10(13)14-9(7)12;1-4(8)5-2-6(9)11-7(10)3-5/h2-6H,1H3;5-9H,2-3H2,1H3;2,5,7-9H,3H2,1H3;2-4H,5H2,1H3;6-8H,2-4H2,1H3;6H,2-4H2,1H3;2-4H,1H3;5H,2-3H2,1H3. The molecule has 0 amide bonds. The van der Waals surface area contributed by atoms with Gasteiger partial charge in [0.15, 0.2) is 23.1 Å². The molecule has 4 aromatic rings. The summed E-state index contributed by atoms with van der Waals surface area (Å²) in [4.78, 5) is 269. The summed E-state index contributed by atoms with van der Waals surface area (Å²) < 4.78 is 36.0. The van der Waals surface area contributed by atoms with Crippen LogP contribution < -0.4 is 0 Å². The fourth-order valence-electron chi connectivity index (χ4n) is 17.2. The van der Waals surface area contributed by atoms with Crippen molar-refractivity contribution in [2.24, 2.45) is 82.9 Å². The molecule has 32 heteroatoms. The molecular formula is C84H74O32. The zero-order valence-corrected chi connectivity index (χ0v) is 63.6. The number of ether oxygens (including phenoxy) is 8. The molecule has 0 spiro atoms. The largest absolute Gasteiger partial charge is 0.393 e. The summed E-state index contributed by atoms with van der Waals surface area (Å²) in [5, 5.41) is 1.12. The second-order valence-electron chi connectivity index (χ2n) is 30.2. The highest BCUT2D eigenvalue weighted by molar-refractivity contribution is 6.24. The number of carbonyl (C=O) groups excluding carboxylic acids is 24. The van der Waals surface area contributed by atoms with E-state index >= 15 is 0 Å². The van der Waals surface area contributed by atoms with Crippen LogP contribution >= 0.6 is 0 Å².